The Kier molecular flexibility index (Phi) is 5.39. The Morgan fingerprint density at radius 1 is 1.10 bits per heavy atom. The van der Waals surface area contributed by atoms with Crippen molar-refractivity contribution in [3.8, 4) is 5.75 Å². The summed E-state index contributed by atoms with van der Waals surface area (Å²) in [6, 6.07) is 13.4. The van der Waals surface area contributed by atoms with Crippen molar-refractivity contribution in [2.45, 2.75) is 13.8 Å². The van der Waals surface area contributed by atoms with Crippen molar-refractivity contribution in [1.29, 1.82) is 0 Å². The van der Waals surface area contributed by atoms with E-state index in [9.17, 15) is 4.79 Å². The quantitative estimate of drug-likeness (QED) is 0.833. The fraction of sp³-hybridized carbons (Fsp3) is 0.235. The lowest BCUT2D eigenvalue weighted by Crippen LogP contribution is -2.28. The lowest BCUT2D eigenvalue weighted by atomic mass is 10.1. The van der Waals surface area contributed by atoms with Gasteiger partial charge in [0.2, 0.25) is 0 Å². The van der Waals surface area contributed by atoms with Crippen LogP contribution in [0.15, 0.2) is 46.9 Å². The number of carbonyl (C=O) groups excluding carboxylic acids is 1. The highest BCUT2D eigenvalue weighted by Crippen LogP contribution is 2.22. The first-order valence-electron chi connectivity index (χ1n) is 6.81. The Hall–Kier alpha value is -1.81. The lowest BCUT2D eigenvalue weighted by molar-refractivity contribution is 0.0946. The Bertz CT molecular complexity index is 620. The third kappa shape index (κ3) is 4.08. The summed E-state index contributed by atoms with van der Waals surface area (Å²) in [4.78, 5) is 12.0. The molecule has 110 valence electrons. The maximum absolute atomic E-state index is 12.0. The number of hydrogen-bond acceptors (Lipinski definition) is 2. The van der Waals surface area contributed by atoms with Gasteiger partial charge in [0, 0.05) is 4.47 Å². The molecule has 0 unspecified atom stereocenters. The van der Waals surface area contributed by atoms with Crippen LogP contribution in [0, 0.1) is 13.8 Å². The van der Waals surface area contributed by atoms with Crippen LogP contribution in [0.1, 0.15) is 21.5 Å². The number of benzene rings is 2. The first kappa shape index (κ1) is 15.6. The molecular formula is C17H18BrNO2. The van der Waals surface area contributed by atoms with Gasteiger partial charge in [-0.25, -0.2) is 0 Å². The lowest BCUT2D eigenvalue weighted by Gasteiger charge is -2.12. The van der Waals surface area contributed by atoms with E-state index < -0.39 is 0 Å². The van der Waals surface area contributed by atoms with E-state index in [1.165, 1.54) is 0 Å². The molecule has 0 radical (unpaired) electrons. The molecule has 0 aromatic heterocycles. The van der Waals surface area contributed by atoms with Gasteiger partial charge in [-0.15, -0.1) is 0 Å². The molecule has 1 N–H and O–H groups in total. The molecule has 2 aromatic rings. The van der Waals surface area contributed by atoms with E-state index in [-0.39, 0.29) is 5.91 Å². The summed E-state index contributed by atoms with van der Waals surface area (Å²) in [6.45, 7) is 4.94. The summed E-state index contributed by atoms with van der Waals surface area (Å²) in [5.41, 5.74) is 2.84. The van der Waals surface area contributed by atoms with Crippen molar-refractivity contribution in [3.05, 3.63) is 63.6 Å². The average Bonchev–Trinajstić information content (AvgIpc) is 2.46. The second-order valence-electron chi connectivity index (χ2n) is 4.81. The van der Waals surface area contributed by atoms with Crippen LogP contribution >= 0.6 is 15.9 Å². The molecule has 21 heavy (non-hydrogen) atoms. The monoisotopic (exact) mass is 347 g/mol. The third-order valence-corrected chi connectivity index (χ3v) is 3.85. The van der Waals surface area contributed by atoms with Crippen LogP contribution in [0.4, 0.5) is 0 Å². The maximum atomic E-state index is 12.0. The van der Waals surface area contributed by atoms with Crippen molar-refractivity contribution < 1.29 is 9.53 Å². The van der Waals surface area contributed by atoms with E-state index >= 15 is 0 Å². The summed E-state index contributed by atoms with van der Waals surface area (Å²) < 4.78 is 6.55. The van der Waals surface area contributed by atoms with Crippen LogP contribution in [0.2, 0.25) is 0 Å². The van der Waals surface area contributed by atoms with Crippen molar-refractivity contribution >= 4 is 21.8 Å². The summed E-state index contributed by atoms with van der Waals surface area (Å²) in [5.74, 6) is 0.792. The Morgan fingerprint density at radius 2 is 1.76 bits per heavy atom. The molecule has 0 aliphatic rings. The molecule has 0 spiro atoms. The van der Waals surface area contributed by atoms with Crippen molar-refractivity contribution in [2.75, 3.05) is 13.2 Å². The van der Waals surface area contributed by atoms with E-state index in [2.05, 4.69) is 21.2 Å². The van der Waals surface area contributed by atoms with Crippen LogP contribution in [0.5, 0.6) is 5.75 Å². The van der Waals surface area contributed by atoms with Crippen molar-refractivity contribution in [3.63, 3.8) is 0 Å². The number of rotatable bonds is 5. The Labute approximate surface area is 133 Å². The van der Waals surface area contributed by atoms with Crippen LogP contribution < -0.4 is 10.1 Å². The van der Waals surface area contributed by atoms with E-state index in [0.717, 1.165) is 21.3 Å². The fourth-order valence-corrected chi connectivity index (χ4v) is 2.55. The fourth-order valence-electron chi connectivity index (χ4n) is 2.09. The Morgan fingerprint density at radius 3 is 2.43 bits per heavy atom. The van der Waals surface area contributed by atoms with E-state index in [4.69, 9.17) is 4.74 Å². The number of aryl methyl sites for hydroxylation is 2. The van der Waals surface area contributed by atoms with Gasteiger partial charge in [0.25, 0.3) is 5.91 Å². The number of ether oxygens (including phenoxy) is 1. The van der Waals surface area contributed by atoms with Crippen LogP contribution in [-0.2, 0) is 0 Å². The van der Waals surface area contributed by atoms with Gasteiger partial charge >= 0.3 is 0 Å². The van der Waals surface area contributed by atoms with Gasteiger partial charge < -0.3 is 10.1 Å². The molecule has 3 nitrogen and oxygen atoms in total. The highest BCUT2D eigenvalue weighted by Gasteiger charge is 2.08. The largest absolute Gasteiger partial charge is 0.491 e. The second kappa shape index (κ2) is 7.27. The molecule has 0 saturated carbocycles. The van der Waals surface area contributed by atoms with E-state index in [0.29, 0.717) is 18.7 Å². The molecule has 0 atom stereocenters. The summed E-state index contributed by atoms with van der Waals surface area (Å²) >= 11 is 3.37. The summed E-state index contributed by atoms with van der Waals surface area (Å²) in [7, 11) is 0. The average molecular weight is 348 g/mol. The van der Waals surface area contributed by atoms with Crippen LogP contribution in [0.3, 0.4) is 0 Å². The topological polar surface area (TPSA) is 38.3 Å². The zero-order chi connectivity index (χ0) is 15.2. The number of para-hydroxylation sites is 1. The van der Waals surface area contributed by atoms with Gasteiger partial charge in [-0.2, -0.15) is 0 Å². The maximum Gasteiger partial charge on any atom is 0.252 e. The first-order valence-corrected chi connectivity index (χ1v) is 7.60. The highest BCUT2D eigenvalue weighted by atomic mass is 79.9. The summed E-state index contributed by atoms with van der Waals surface area (Å²) in [5, 5.41) is 2.86. The molecule has 0 fully saturated rings. The minimum atomic E-state index is -0.104. The van der Waals surface area contributed by atoms with Crippen molar-refractivity contribution in [2.24, 2.45) is 0 Å². The van der Waals surface area contributed by atoms with Gasteiger partial charge in [-0.1, -0.05) is 30.3 Å². The molecule has 2 aromatic carbocycles. The zero-order valence-electron chi connectivity index (χ0n) is 12.2. The first-order chi connectivity index (χ1) is 10.1. The number of carbonyl (C=O) groups is 1. The van der Waals surface area contributed by atoms with E-state index in [1.807, 2.05) is 50.2 Å². The van der Waals surface area contributed by atoms with Crippen LogP contribution in [-0.4, -0.2) is 19.1 Å². The van der Waals surface area contributed by atoms with Gasteiger partial charge in [-0.05, 0) is 53.0 Å². The molecule has 4 heteroatoms. The molecule has 0 aliphatic heterocycles. The molecule has 0 saturated heterocycles. The van der Waals surface area contributed by atoms with Crippen molar-refractivity contribution in [1.82, 2.24) is 5.32 Å². The SMILES string of the molecule is Cc1cccc(C)c1OCCNC(=O)c1ccccc1Br. The van der Waals surface area contributed by atoms with E-state index in [1.54, 1.807) is 6.07 Å². The number of halogens is 1. The minimum Gasteiger partial charge on any atom is -0.491 e. The number of amides is 1. The molecule has 0 heterocycles. The minimum absolute atomic E-state index is 0.104. The predicted molar refractivity (Wildman–Crippen MR) is 87.9 cm³/mol. The van der Waals surface area contributed by atoms with Crippen LogP contribution in [0.25, 0.3) is 0 Å². The molecule has 0 bridgehead atoms. The molecular weight excluding hydrogens is 330 g/mol. The highest BCUT2D eigenvalue weighted by molar-refractivity contribution is 9.10. The third-order valence-electron chi connectivity index (χ3n) is 3.16. The Balaban J connectivity index is 1.85. The standard InChI is InChI=1S/C17H18BrNO2/c1-12-6-5-7-13(2)16(12)21-11-10-19-17(20)14-8-3-4-9-15(14)18/h3-9H,10-11H2,1-2H3,(H,19,20). The summed E-state index contributed by atoms with van der Waals surface area (Å²) in [6.07, 6.45) is 0. The molecule has 1 amide bonds. The number of hydrogen-bond donors (Lipinski definition) is 1. The molecule has 0 aliphatic carbocycles. The molecule has 2 rings (SSSR count). The van der Waals surface area contributed by atoms with Gasteiger partial charge in [-0.3, -0.25) is 4.79 Å². The predicted octanol–water partition coefficient (Wildman–Crippen LogP) is 3.87. The number of nitrogens with one attached hydrogen (secondary N) is 1. The van der Waals surface area contributed by atoms with Gasteiger partial charge in [0.1, 0.15) is 12.4 Å². The zero-order valence-corrected chi connectivity index (χ0v) is 13.7. The van der Waals surface area contributed by atoms with Gasteiger partial charge in [0.15, 0.2) is 0 Å². The smallest absolute Gasteiger partial charge is 0.252 e. The second-order valence-corrected chi connectivity index (χ2v) is 5.66. The normalized spacial score (nSPS) is 10.2. The van der Waals surface area contributed by atoms with Gasteiger partial charge in [0.05, 0.1) is 12.1 Å².